The molecule has 1 aromatic heterocycles. The Balaban J connectivity index is 2.41. The summed E-state index contributed by atoms with van der Waals surface area (Å²) < 4.78 is 9.59. The molecule has 0 aliphatic carbocycles. The maximum Gasteiger partial charge on any atom is 0.293 e. The monoisotopic (exact) mass is 289 g/mol. The molecule has 18 heavy (non-hydrogen) atoms. The van der Waals surface area contributed by atoms with Gasteiger partial charge in [-0.25, -0.2) is 0 Å². The fraction of sp³-hybridized carbons (Fsp3) is 0.727. The van der Waals surface area contributed by atoms with Gasteiger partial charge in [0.25, 0.3) is 10.4 Å². The average molecular weight is 289 g/mol. The SMILES string of the molecule is CN(C)C(=O)Sc1nsc(OCCC(C)(C)C)n1. The summed E-state index contributed by atoms with van der Waals surface area (Å²) in [5.74, 6) is 0. The molecule has 1 heterocycles. The third kappa shape index (κ3) is 5.68. The number of hydrogen-bond donors (Lipinski definition) is 0. The van der Waals surface area contributed by atoms with Crippen LogP contribution in [0.15, 0.2) is 5.16 Å². The van der Waals surface area contributed by atoms with Crippen molar-refractivity contribution in [3.05, 3.63) is 0 Å². The van der Waals surface area contributed by atoms with E-state index in [1.165, 1.54) is 16.4 Å². The van der Waals surface area contributed by atoms with Gasteiger partial charge in [0.05, 0.1) is 6.61 Å². The Morgan fingerprint density at radius 2 is 2.11 bits per heavy atom. The first kappa shape index (κ1) is 15.2. The molecular formula is C11H19N3O2S2. The number of carbonyl (C=O) groups excluding carboxylic acids is 1. The molecule has 0 aliphatic rings. The number of nitrogens with zero attached hydrogens (tertiary/aromatic N) is 3. The van der Waals surface area contributed by atoms with Gasteiger partial charge in [0.2, 0.25) is 5.16 Å². The maximum absolute atomic E-state index is 11.4. The van der Waals surface area contributed by atoms with Gasteiger partial charge in [-0.2, -0.15) is 9.36 Å². The summed E-state index contributed by atoms with van der Waals surface area (Å²) in [6.07, 6.45) is 0.950. The lowest BCUT2D eigenvalue weighted by Gasteiger charge is -2.16. The molecule has 1 aromatic rings. The van der Waals surface area contributed by atoms with E-state index in [1.54, 1.807) is 14.1 Å². The molecule has 0 aliphatic heterocycles. The molecule has 0 saturated heterocycles. The minimum absolute atomic E-state index is 0.0889. The molecule has 0 aromatic carbocycles. The van der Waals surface area contributed by atoms with Crippen molar-refractivity contribution < 1.29 is 9.53 Å². The van der Waals surface area contributed by atoms with Crippen LogP contribution in [-0.4, -0.2) is 40.2 Å². The molecule has 0 fully saturated rings. The van der Waals surface area contributed by atoms with E-state index in [1.807, 2.05) is 0 Å². The standard InChI is InChI=1S/C11H19N3O2S2/c1-11(2,3)6-7-16-9-12-8(13-18-9)17-10(15)14(4)5/h6-7H2,1-5H3. The van der Waals surface area contributed by atoms with Gasteiger partial charge in [0, 0.05) is 37.4 Å². The van der Waals surface area contributed by atoms with E-state index in [0.717, 1.165) is 18.2 Å². The number of rotatable bonds is 4. The number of thioether (sulfide) groups is 1. The third-order valence-electron chi connectivity index (χ3n) is 2.01. The van der Waals surface area contributed by atoms with Gasteiger partial charge >= 0.3 is 0 Å². The van der Waals surface area contributed by atoms with Crippen LogP contribution in [0.4, 0.5) is 4.79 Å². The normalized spacial score (nSPS) is 11.4. The van der Waals surface area contributed by atoms with Gasteiger partial charge in [-0.1, -0.05) is 20.8 Å². The number of aromatic nitrogens is 2. The highest BCUT2D eigenvalue weighted by Crippen LogP contribution is 2.24. The second kappa shape index (κ2) is 6.38. The highest BCUT2D eigenvalue weighted by atomic mass is 32.2. The van der Waals surface area contributed by atoms with Crippen molar-refractivity contribution >= 4 is 28.5 Å². The average Bonchev–Trinajstić information content (AvgIpc) is 2.63. The summed E-state index contributed by atoms with van der Waals surface area (Å²) in [4.78, 5) is 17.1. The van der Waals surface area contributed by atoms with E-state index < -0.39 is 0 Å². The van der Waals surface area contributed by atoms with Crippen LogP contribution in [-0.2, 0) is 0 Å². The van der Waals surface area contributed by atoms with Gasteiger partial charge in [0.15, 0.2) is 0 Å². The lowest BCUT2D eigenvalue weighted by atomic mass is 9.93. The van der Waals surface area contributed by atoms with Gasteiger partial charge in [-0.05, 0) is 11.8 Å². The Bertz CT molecular complexity index is 399. The number of hydrogen-bond acceptors (Lipinski definition) is 6. The predicted octanol–water partition coefficient (Wildman–Crippen LogP) is 3.13. The highest BCUT2D eigenvalue weighted by Gasteiger charge is 2.14. The number of amides is 1. The van der Waals surface area contributed by atoms with Crippen LogP contribution in [0.2, 0.25) is 0 Å². The van der Waals surface area contributed by atoms with E-state index in [2.05, 4.69) is 30.1 Å². The van der Waals surface area contributed by atoms with Crippen molar-refractivity contribution in [1.29, 1.82) is 0 Å². The molecular weight excluding hydrogens is 270 g/mol. The first-order valence-electron chi connectivity index (χ1n) is 5.63. The Morgan fingerprint density at radius 3 is 2.67 bits per heavy atom. The first-order chi connectivity index (χ1) is 8.28. The quantitative estimate of drug-likeness (QED) is 0.797. The second-order valence-electron chi connectivity index (χ2n) is 5.26. The summed E-state index contributed by atoms with van der Waals surface area (Å²) in [5, 5.41) is 0.881. The van der Waals surface area contributed by atoms with E-state index >= 15 is 0 Å². The van der Waals surface area contributed by atoms with Crippen LogP contribution < -0.4 is 4.74 Å². The Kier molecular flexibility index (Phi) is 5.40. The smallest absolute Gasteiger partial charge is 0.293 e. The van der Waals surface area contributed by atoms with E-state index in [-0.39, 0.29) is 10.7 Å². The van der Waals surface area contributed by atoms with Crippen molar-refractivity contribution in [3.8, 4) is 5.19 Å². The van der Waals surface area contributed by atoms with Crippen LogP contribution in [0.25, 0.3) is 0 Å². The maximum atomic E-state index is 11.4. The lowest BCUT2D eigenvalue weighted by Crippen LogP contribution is -2.16. The number of ether oxygens (including phenoxy) is 1. The zero-order valence-electron chi connectivity index (χ0n) is 11.4. The van der Waals surface area contributed by atoms with Crippen LogP contribution >= 0.6 is 23.3 Å². The van der Waals surface area contributed by atoms with Crippen LogP contribution in [0.1, 0.15) is 27.2 Å². The van der Waals surface area contributed by atoms with Crippen molar-refractivity contribution in [2.75, 3.05) is 20.7 Å². The largest absolute Gasteiger partial charge is 0.469 e. The zero-order chi connectivity index (χ0) is 13.8. The van der Waals surface area contributed by atoms with Crippen molar-refractivity contribution in [2.45, 2.75) is 32.3 Å². The molecule has 0 spiro atoms. The molecule has 0 N–H and O–H groups in total. The van der Waals surface area contributed by atoms with E-state index in [0.29, 0.717) is 17.0 Å². The van der Waals surface area contributed by atoms with E-state index in [4.69, 9.17) is 4.74 Å². The summed E-state index contributed by atoms with van der Waals surface area (Å²) in [7, 11) is 3.39. The predicted molar refractivity (Wildman–Crippen MR) is 74.4 cm³/mol. The van der Waals surface area contributed by atoms with Gasteiger partial charge in [0.1, 0.15) is 0 Å². The summed E-state index contributed by atoms with van der Waals surface area (Å²) in [6.45, 7) is 7.10. The number of carbonyl (C=O) groups is 1. The van der Waals surface area contributed by atoms with Gasteiger partial charge < -0.3 is 9.64 Å². The molecule has 7 heteroatoms. The lowest BCUT2D eigenvalue weighted by molar-refractivity contribution is 0.241. The van der Waals surface area contributed by atoms with Crippen LogP contribution in [0, 0.1) is 5.41 Å². The van der Waals surface area contributed by atoms with E-state index in [9.17, 15) is 4.79 Å². The highest BCUT2D eigenvalue weighted by molar-refractivity contribution is 8.13. The molecule has 0 saturated carbocycles. The summed E-state index contributed by atoms with van der Waals surface area (Å²) in [5.41, 5.74) is 0.239. The van der Waals surface area contributed by atoms with Crippen molar-refractivity contribution in [3.63, 3.8) is 0 Å². The third-order valence-corrected chi connectivity index (χ3v) is 3.66. The Labute approximate surface area is 116 Å². The summed E-state index contributed by atoms with van der Waals surface area (Å²) in [6, 6.07) is 0. The zero-order valence-corrected chi connectivity index (χ0v) is 13.0. The van der Waals surface area contributed by atoms with Gasteiger partial charge in [-0.3, -0.25) is 4.79 Å². The van der Waals surface area contributed by atoms with Crippen LogP contribution in [0.3, 0.4) is 0 Å². The molecule has 5 nitrogen and oxygen atoms in total. The molecule has 102 valence electrons. The molecule has 1 amide bonds. The van der Waals surface area contributed by atoms with Crippen molar-refractivity contribution in [2.24, 2.45) is 5.41 Å². The molecule has 0 radical (unpaired) electrons. The van der Waals surface area contributed by atoms with Gasteiger partial charge in [-0.15, -0.1) is 0 Å². The Hall–Kier alpha value is -0.820. The minimum atomic E-state index is -0.0889. The second-order valence-corrected chi connectivity index (χ2v) is 6.90. The molecule has 1 rings (SSSR count). The molecule has 0 atom stereocenters. The van der Waals surface area contributed by atoms with Crippen molar-refractivity contribution in [1.82, 2.24) is 14.3 Å². The molecule has 0 unspecified atom stereocenters. The topological polar surface area (TPSA) is 55.3 Å². The fourth-order valence-electron chi connectivity index (χ4n) is 0.911. The molecule has 0 bridgehead atoms. The van der Waals surface area contributed by atoms with Crippen LogP contribution in [0.5, 0.6) is 5.19 Å². The Morgan fingerprint density at radius 1 is 1.44 bits per heavy atom. The summed E-state index contributed by atoms with van der Waals surface area (Å²) >= 11 is 2.19. The fourth-order valence-corrected chi connectivity index (χ4v) is 2.16. The minimum Gasteiger partial charge on any atom is -0.469 e. The first-order valence-corrected chi connectivity index (χ1v) is 7.22.